The van der Waals surface area contributed by atoms with Gasteiger partial charge in [-0.3, -0.25) is 19.4 Å². The fourth-order valence-electron chi connectivity index (χ4n) is 3.63. The highest BCUT2D eigenvalue weighted by molar-refractivity contribution is 7.10. The molecule has 1 aliphatic rings. The van der Waals surface area contributed by atoms with Crippen LogP contribution in [0.25, 0.3) is 0 Å². The maximum atomic E-state index is 12.6. The minimum Gasteiger partial charge on any atom is -0.339 e. The first-order valence-electron chi connectivity index (χ1n) is 10.6. The number of rotatable bonds is 8. The van der Waals surface area contributed by atoms with E-state index in [4.69, 9.17) is 0 Å². The molecule has 2 heterocycles. The number of likely N-dealkylation sites (N-methyl/N-ethyl adjacent to an activating group) is 1. The van der Waals surface area contributed by atoms with Crippen molar-refractivity contribution in [2.75, 3.05) is 51.6 Å². The molecule has 2 amide bonds. The lowest BCUT2D eigenvalue weighted by molar-refractivity contribution is -0.132. The molecule has 162 valence electrons. The summed E-state index contributed by atoms with van der Waals surface area (Å²) in [6, 6.07) is 10.0. The molecule has 30 heavy (non-hydrogen) atoms. The third-order valence-corrected chi connectivity index (χ3v) is 6.65. The second-order valence-corrected chi connectivity index (χ2v) is 8.89. The molecule has 1 aliphatic heterocycles. The van der Waals surface area contributed by atoms with Gasteiger partial charge in [0.2, 0.25) is 11.8 Å². The van der Waals surface area contributed by atoms with Crippen molar-refractivity contribution in [1.82, 2.24) is 14.7 Å². The molecular formula is C23H32N4O2S. The molecular weight excluding hydrogens is 396 g/mol. The summed E-state index contributed by atoms with van der Waals surface area (Å²) in [6.07, 6.45) is 0.893. The van der Waals surface area contributed by atoms with Gasteiger partial charge >= 0.3 is 0 Å². The lowest BCUT2D eigenvalue weighted by atomic mass is 10.1. The zero-order chi connectivity index (χ0) is 21.5. The first-order valence-corrected chi connectivity index (χ1v) is 11.4. The van der Waals surface area contributed by atoms with Gasteiger partial charge in [0.25, 0.3) is 0 Å². The van der Waals surface area contributed by atoms with Crippen LogP contribution in [0.1, 0.15) is 22.9 Å². The summed E-state index contributed by atoms with van der Waals surface area (Å²) in [5, 5.41) is 5.11. The van der Waals surface area contributed by atoms with Gasteiger partial charge in [0, 0.05) is 43.8 Å². The number of hydrogen-bond acceptors (Lipinski definition) is 5. The molecule has 0 radical (unpaired) electrons. The lowest BCUT2D eigenvalue weighted by Crippen LogP contribution is -2.51. The molecule has 0 atom stereocenters. The predicted molar refractivity (Wildman–Crippen MR) is 123 cm³/mol. The number of benzene rings is 1. The number of carbonyl (C=O) groups is 2. The van der Waals surface area contributed by atoms with Crippen LogP contribution < -0.4 is 5.32 Å². The topological polar surface area (TPSA) is 55.9 Å². The van der Waals surface area contributed by atoms with Gasteiger partial charge in [-0.2, -0.15) is 0 Å². The number of thiophene rings is 1. The number of amides is 2. The number of carbonyl (C=O) groups excluding carboxylic acids is 2. The van der Waals surface area contributed by atoms with Crippen LogP contribution >= 0.6 is 11.3 Å². The number of piperazine rings is 1. The van der Waals surface area contributed by atoms with Gasteiger partial charge in [-0.05, 0) is 42.0 Å². The Morgan fingerprint density at radius 3 is 2.37 bits per heavy atom. The molecule has 1 aromatic carbocycles. The zero-order valence-corrected chi connectivity index (χ0v) is 19.0. The van der Waals surface area contributed by atoms with Crippen molar-refractivity contribution >= 4 is 28.8 Å². The van der Waals surface area contributed by atoms with Crippen LogP contribution in [0.2, 0.25) is 0 Å². The van der Waals surface area contributed by atoms with E-state index in [-0.39, 0.29) is 11.8 Å². The summed E-state index contributed by atoms with van der Waals surface area (Å²) in [4.78, 5) is 32.4. The number of para-hydroxylation sites is 1. The summed E-state index contributed by atoms with van der Waals surface area (Å²) in [5.74, 6) is 0.164. The summed E-state index contributed by atoms with van der Waals surface area (Å²) < 4.78 is 0. The Labute approximate surface area is 183 Å². The Morgan fingerprint density at radius 1 is 1.07 bits per heavy atom. The molecule has 6 nitrogen and oxygen atoms in total. The monoisotopic (exact) mass is 428 g/mol. The van der Waals surface area contributed by atoms with Gasteiger partial charge in [0.15, 0.2) is 0 Å². The van der Waals surface area contributed by atoms with E-state index in [2.05, 4.69) is 40.4 Å². The third-order valence-electron chi connectivity index (χ3n) is 5.64. The van der Waals surface area contributed by atoms with Crippen LogP contribution in [0, 0.1) is 6.92 Å². The molecule has 1 aromatic heterocycles. The standard InChI is InChI=1S/C23H32N4O2S/c1-4-19-7-5-6-8-20(19)24-22(28)16-26-10-12-27(13-11-26)17-23(29)25(3)15-21-18(2)9-14-30-21/h5-9,14H,4,10-13,15-17H2,1-3H3,(H,24,28). The second-order valence-electron chi connectivity index (χ2n) is 7.89. The molecule has 0 saturated carbocycles. The number of nitrogens with one attached hydrogen (secondary N) is 1. The number of hydrogen-bond donors (Lipinski definition) is 1. The largest absolute Gasteiger partial charge is 0.339 e. The number of aryl methyl sites for hydroxylation is 2. The smallest absolute Gasteiger partial charge is 0.238 e. The van der Waals surface area contributed by atoms with Crippen molar-refractivity contribution in [3.05, 3.63) is 51.7 Å². The maximum Gasteiger partial charge on any atom is 0.238 e. The van der Waals surface area contributed by atoms with Crippen molar-refractivity contribution in [1.29, 1.82) is 0 Å². The fraction of sp³-hybridized carbons (Fsp3) is 0.478. The van der Waals surface area contributed by atoms with Crippen molar-refractivity contribution in [2.24, 2.45) is 0 Å². The molecule has 0 aliphatic carbocycles. The van der Waals surface area contributed by atoms with Gasteiger partial charge in [0.1, 0.15) is 0 Å². The van der Waals surface area contributed by atoms with Crippen LogP contribution in [0.15, 0.2) is 35.7 Å². The van der Waals surface area contributed by atoms with Crippen molar-refractivity contribution in [3.63, 3.8) is 0 Å². The minimum absolute atomic E-state index is 0.0199. The van der Waals surface area contributed by atoms with E-state index in [1.165, 1.54) is 10.4 Å². The van der Waals surface area contributed by atoms with Gasteiger partial charge in [-0.15, -0.1) is 11.3 Å². The maximum absolute atomic E-state index is 12.6. The average Bonchev–Trinajstić information content (AvgIpc) is 3.14. The van der Waals surface area contributed by atoms with Crippen LogP contribution in [-0.2, 0) is 22.6 Å². The fourth-order valence-corrected chi connectivity index (χ4v) is 4.59. The van der Waals surface area contributed by atoms with E-state index in [1.807, 2.05) is 36.2 Å². The van der Waals surface area contributed by atoms with Crippen LogP contribution in [0.4, 0.5) is 5.69 Å². The summed E-state index contributed by atoms with van der Waals surface area (Å²) >= 11 is 1.70. The van der Waals surface area contributed by atoms with Gasteiger partial charge < -0.3 is 10.2 Å². The zero-order valence-electron chi connectivity index (χ0n) is 18.2. The SMILES string of the molecule is CCc1ccccc1NC(=O)CN1CCN(CC(=O)N(C)Cc2sccc2C)CC1. The van der Waals surface area contributed by atoms with Gasteiger partial charge in [0.05, 0.1) is 19.6 Å². The lowest BCUT2D eigenvalue weighted by Gasteiger charge is -2.34. The summed E-state index contributed by atoms with van der Waals surface area (Å²) in [6.45, 7) is 8.86. The molecule has 2 aromatic rings. The van der Waals surface area contributed by atoms with E-state index in [1.54, 1.807) is 11.3 Å². The highest BCUT2D eigenvalue weighted by Crippen LogP contribution is 2.18. The Bertz CT molecular complexity index is 858. The predicted octanol–water partition coefficient (Wildman–Crippen LogP) is 2.83. The Hall–Kier alpha value is -2.22. The molecule has 1 saturated heterocycles. The van der Waals surface area contributed by atoms with Crippen LogP contribution in [0.3, 0.4) is 0 Å². The molecule has 0 bridgehead atoms. The Morgan fingerprint density at radius 2 is 1.73 bits per heavy atom. The first-order chi connectivity index (χ1) is 14.5. The van der Waals surface area contributed by atoms with E-state index in [9.17, 15) is 9.59 Å². The molecule has 7 heteroatoms. The average molecular weight is 429 g/mol. The van der Waals surface area contributed by atoms with Crippen LogP contribution in [-0.4, -0.2) is 72.8 Å². The highest BCUT2D eigenvalue weighted by atomic mass is 32.1. The van der Waals surface area contributed by atoms with Gasteiger partial charge in [-0.1, -0.05) is 25.1 Å². The molecule has 0 unspecified atom stereocenters. The van der Waals surface area contributed by atoms with Crippen molar-refractivity contribution < 1.29 is 9.59 Å². The van der Waals surface area contributed by atoms with Crippen molar-refractivity contribution in [2.45, 2.75) is 26.8 Å². The van der Waals surface area contributed by atoms with Crippen molar-refractivity contribution in [3.8, 4) is 0 Å². The summed E-state index contributed by atoms with van der Waals surface area (Å²) in [7, 11) is 1.87. The van der Waals surface area contributed by atoms with E-state index < -0.39 is 0 Å². The summed E-state index contributed by atoms with van der Waals surface area (Å²) in [5.41, 5.74) is 3.29. The Kier molecular flexibility index (Phi) is 8.01. The number of nitrogens with zero attached hydrogens (tertiary/aromatic N) is 3. The Balaban J connectivity index is 1.40. The molecule has 3 rings (SSSR count). The van der Waals surface area contributed by atoms with Crippen LogP contribution in [0.5, 0.6) is 0 Å². The molecule has 1 N–H and O–H groups in total. The highest BCUT2D eigenvalue weighted by Gasteiger charge is 2.22. The molecule has 0 spiro atoms. The van der Waals surface area contributed by atoms with Gasteiger partial charge in [-0.25, -0.2) is 0 Å². The molecule has 1 fully saturated rings. The van der Waals surface area contributed by atoms with E-state index in [0.29, 0.717) is 19.6 Å². The normalized spacial score (nSPS) is 15.2. The van der Waals surface area contributed by atoms with E-state index >= 15 is 0 Å². The first kappa shape index (κ1) is 22.5. The second kappa shape index (κ2) is 10.7. The quantitative estimate of drug-likeness (QED) is 0.703. The minimum atomic E-state index is 0.0199. The number of anilines is 1. The third kappa shape index (κ3) is 6.14. The van der Waals surface area contributed by atoms with E-state index in [0.717, 1.165) is 43.9 Å².